The van der Waals surface area contributed by atoms with Crippen molar-refractivity contribution < 1.29 is 10.4 Å². The Balaban J connectivity index is 4.69. The normalized spacial score (nSPS) is 12.2. The average Bonchev–Trinajstić information content (AvgIpc) is 2.28. The molecule has 1 unspecified atom stereocenters. The molecule has 0 heterocycles. The first-order valence-electron chi connectivity index (χ1n) is 4.97. The second kappa shape index (κ2) is 7.62. The highest BCUT2D eigenvalue weighted by Gasteiger charge is 2.36. The molecule has 6 heteroatoms. The summed E-state index contributed by atoms with van der Waals surface area (Å²) < 4.78 is 0. The first kappa shape index (κ1) is 14.3. The summed E-state index contributed by atoms with van der Waals surface area (Å²) >= 11 is 0. The number of rotatable bonds is 7. The van der Waals surface area contributed by atoms with Crippen LogP contribution in [0.25, 0.3) is 0 Å². The highest BCUT2D eigenvalue weighted by atomic mass is 16.8. The lowest BCUT2D eigenvalue weighted by molar-refractivity contribution is -1.09. The van der Waals surface area contributed by atoms with E-state index in [1.165, 1.54) is 0 Å². The molecule has 0 aromatic carbocycles. The molecule has 1 atom stereocenters. The molecule has 0 aliphatic rings. The van der Waals surface area contributed by atoms with Crippen molar-refractivity contribution in [3.8, 4) is 18.2 Å². The molecular formula is C10H14N4O2. The lowest BCUT2D eigenvalue weighted by Gasteiger charge is -2.37. The lowest BCUT2D eigenvalue weighted by Crippen LogP contribution is -3.14. The van der Waals surface area contributed by atoms with Crippen molar-refractivity contribution in [2.45, 2.75) is 44.1 Å². The molecule has 0 aromatic rings. The highest BCUT2D eigenvalue weighted by Crippen LogP contribution is 2.21. The Kier molecular flexibility index (Phi) is 6.83. The fraction of sp³-hybridized carbons (Fsp3) is 0.700. The van der Waals surface area contributed by atoms with Gasteiger partial charge in [0.25, 0.3) is 0 Å². The molecule has 0 amide bonds. The SMILES string of the molecule is N#CCCC(CCC#N)(CCC#N)[NH+]([O-])O. The fourth-order valence-electron chi connectivity index (χ4n) is 1.58. The van der Waals surface area contributed by atoms with Gasteiger partial charge < -0.3 is 5.21 Å². The van der Waals surface area contributed by atoms with Gasteiger partial charge in [-0.25, -0.2) is 10.4 Å². The van der Waals surface area contributed by atoms with Crippen LogP contribution in [0.1, 0.15) is 38.5 Å². The van der Waals surface area contributed by atoms with Gasteiger partial charge in [-0.1, -0.05) is 0 Å². The molecule has 86 valence electrons. The number of nitriles is 3. The first-order valence-corrected chi connectivity index (χ1v) is 4.97. The maximum atomic E-state index is 11.2. The van der Waals surface area contributed by atoms with Crippen molar-refractivity contribution in [3.63, 3.8) is 0 Å². The topological polar surface area (TPSA) is 119 Å². The predicted molar refractivity (Wildman–Crippen MR) is 53.4 cm³/mol. The molecule has 16 heavy (non-hydrogen) atoms. The van der Waals surface area contributed by atoms with Gasteiger partial charge >= 0.3 is 0 Å². The standard InChI is InChI=1S/C10H14N4O2/c11-7-1-4-10(14(15)16,5-2-8-12)6-3-9-13/h14-15H,1-6H2. The van der Waals surface area contributed by atoms with Crippen LogP contribution in [-0.4, -0.2) is 10.7 Å². The van der Waals surface area contributed by atoms with Crippen LogP contribution < -0.4 is 5.23 Å². The van der Waals surface area contributed by atoms with E-state index in [0.717, 1.165) is 0 Å². The average molecular weight is 222 g/mol. The van der Waals surface area contributed by atoms with Gasteiger partial charge in [-0.15, -0.1) is 0 Å². The van der Waals surface area contributed by atoms with Crippen LogP contribution in [0.15, 0.2) is 0 Å². The lowest BCUT2D eigenvalue weighted by atomic mass is 9.85. The molecular weight excluding hydrogens is 208 g/mol. The van der Waals surface area contributed by atoms with E-state index in [2.05, 4.69) is 0 Å². The van der Waals surface area contributed by atoms with E-state index in [1.807, 2.05) is 18.2 Å². The molecule has 0 rings (SSSR count). The largest absolute Gasteiger partial charge is 0.600 e. The van der Waals surface area contributed by atoms with Crippen LogP contribution in [0.4, 0.5) is 0 Å². The van der Waals surface area contributed by atoms with Gasteiger partial charge in [-0.05, 0) is 0 Å². The summed E-state index contributed by atoms with van der Waals surface area (Å²) in [5.74, 6) is 0. The van der Waals surface area contributed by atoms with Crippen molar-refractivity contribution in [2.24, 2.45) is 0 Å². The third-order valence-electron chi connectivity index (χ3n) is 2.60. The second-order valence-corrected chi connectivity index (χ2v) is 3.56. The van der Waals surface area contributed by atoms with E-state index in [-0.39, 0.29) is 38.5 Å². The molecule has 0 aromatic heterocycles. The smallest absolute Gasteiger partial charge is 0.130 e. The summed E-state index contributed by atoms with van der Waals surface area (Å²) in [6.07, 6.45) is 0.974. The summed E-state index contributed by atoms with van der Waals surface area (Å²) in [6, 6.07) is 5.70. The van der Waals surface area contributed by atoms with Gasteiger partial charge in [0.1, 0.15) is 5.54 Å². The summed E-state index contributed by atoms with van der Waals surface area (Å²) in [5, 5.41) is 44.8. The molecule has 0 aliphatic heterocycles. The molecule has 0 saturated carbocycles. The van der Waals surface area contributed by atoms with Crippen molar-refractivity contribution >= 4 is 0 Å². The van der Waals surface area contributed by atoms with Crippen molar-refractivity contribution in [2.75, 3.05) is 0 Å². The number of nitrogens with one attached hydrogen (secondary N) is 1. The zero-order chi connectivity index (χ0) is 12.4. The van der Waals surface area contributed by atoms with Crippen molar-refractivity contribution in [3.05, 3.63) is 5.21 Å². The minimum Gasteiger partial charge on any atom is -0.600 e. The fourth-order valence-corrected chi connectivity index (χ4v) is 1.58. The number of nitrogens with zero attached hydrogens (tertiary/aromatic N) is 3. The Hall–Kier alpha value is -1.65. The summed E-state index contributed by atoms with van der Waals surface area (Å²) in [6.45, 7) is 0. The van der Waals surface area contributed by atoms with Crippen LogP contribution >= 0.6 is 0 Å². The molecule has 0 aliphatic carbocycles. The summed E-state index contributed by atoms with van der Waals surface area (Å²) in [5.41, 5.74) is -1.10. The minimum atomic E-state index is -1.10. The summed E-state index contributed by atoms with van der Waals surface area (Å²) in [7, 11) is 0. The Morgan fingerprint density at radius 1 is 0.938 bits per heavy atom. The van der Waals surface area contributed by atoms with E-state index in [4.69, 9.17) is 15.8 Å². The van der Waals surface area contributed by atoms with Crippen molar-refractivity contribution in [1.82, 2.24) is 0 Å². The monoisotopic (exact) mass is 222 g/mol. The number of hydrogen-bond donors (Lipinski definition) is 2. The Morgan fingerprint density at radius 3 is 1.44 bits per heavy atom. The molecule has 6 nitrogen and oxygen atoms in total. The van der Waals surface area contributed by atoms with Gasteiger partial charge in [0, 0.05) is 38.5 Å². The van der Waals surface area contributed by atoms with Gasteiger partial charge in [0.15, 0.2) is 0 Å². The van der Waals surface area contributed by atoms with Crippen LogP contribution in [0.2, 0.25) is 0 Å². The molecule has 2 N–H and O–H groups in total. The Labute approximate surface area is 94.5 Å². The van der Waals surface area contributed by atoms with Crippen molar-refractivity contribution in [1.29, 1.82) is 15.8 Å². The third-order valence-corrected chi connectivity index (χ3v) is 2.60. The zero-order valence-corrected chi connectivity index (χ0v) is 8.94. The Bertz CT molecular complexity index is 276. The van der Waals surface area contributed by atoms with E-state index in [1.54, 1.807) is 0 Å². The molecule has 0 fully saturated rings. The van der Waals surface area contributed by atoms with E-state index in [0.29, 0.717) is 0 Å². The molecule has 0 saturated heterocycles. The van der Waals surface area contributed by atoms with E-state index < -0.39 is 10.8 Å². The molecule has 0 spiro atoms. The number of hydrogen-bond acceptors (Lipinski definition) is 5. The number of hydroxylamine groups is 2. The summed E-state index contributed by atoms with van der Waals surface area (Å²) in [4.78, 5) is 0. The highest BCUT2D eigenvalue weighted by molar-refractivity contribution is 4.89. The van der Waals surface area contributed by atoms with Crippen LogP contribution in [0, 0.1) is 39.2 Å². The zero-order valence-electron chi connectivity index (χ0n) is 8.94. The van der Waals surface area contributed by atoms with Gasteiger partial charge in [0.05, 0.1) is 18.2 Å². The van der Waals surface area contributed by atoms with Crippen LogP contribution in [-0.2, 0) is 0 Å². The quantitative estimate of drug-likeness (QED) is 0.604. The molecule has 0 radical (unpaired) electrons. The van der Waals surface area contributed by atoms with Gasteiger partial charge in [0.2, 0.25) is 0 Å². The van der Waals surface area contributed by atoms with Gasteiger partial charge in [-0.2, -0.15) is 15.8 Å². The van der Waals surface area contributed by atoms with Crippen LogP contribution in [0.5, 0.6) is 0 Å². The maximum Gasteiger partial charge on any atom is 0.130 e. The van der Waals surface area contributed by atoms with E-state index >= 15 is 0 Å². The predicted octanol–water partition coefficient (Wildman–Crippen LogP) is 0.408. The van der Waals surface area contributed by atoms with Gasteiger partial charge in [-0.3, -0.25) is 0 Å². The molecule has 0 bridgehead atoms. The minimum absolute atomic E-state index is 0.128. The first-order chi connectivity index (χ1) is 7.63. The maximum absolute atomic E-state index is 11.2. The third kappa shape index (κ3) is 4.25. The Morgan fingerprint density at radius 2 is 1.25 bits per heavy atom. The second-order valence-electron chi connectivity index (χ2n) is 3.56. The van der Waals surface area contributed by atoms with E-state index in [9.17, 15) is 10.4 Å². The number of quaternary nitrogens is 1. The van der Waals surface area contributed by atoms with Crippen LogP contribution in [0.3, 0.4) is 0 Å².